The van der Waals surface area contributed by atoms with E-state index in [0.717, 1.165) is 24.3 Å². The van der Waals surface area contributed by atoms with Crippen molar-refractivity contribution in [1.82, 2.24) is 20.2 Å². The first-order valence-electron chi connectivity index (χ1n) is 11.0. The zero-order valence-corrected chi connectivity index (χ0v) is 19.9. The summed E-state index contributed by atoms with van der Waals surface area (Å²) in [6.45, 7) is 1.96. The Morgan fingerprint density at radius 1 is 1.06 bits per heavy atom. The molecule has 0 bridgehead atoms. The average molecular weight is 504 g/mol. The summed E-state index contributed by atoms with van der Waals surface area (Å²) in [5.74, 6) is 1.66. The fourth-order valence-corrected chi connectivity index (χ4v) is 6.10. The molecule has 1 N–H and O–H groups in total. The molecule has 33 heavy (non-hydrogen) atoms. The number of ether oxygens (including phenoxy) is 1. The van der Waals surface area contributed by atoms with Gasteiger partial charge in [-0.25, -0.2) is 9.69 Å². The number of carbonyl (C=O) groups excluding carboxylic acids is 1. The van der Waals surface area contributed by atoms with Gasteiger partial charge in [-0.1, -0.05) is 47.3 Å². The van der Waals surface area contributed by atoms with E-state index in [1.165, 1.54) is 19.3 Å². The Hall–Kier alpha value is -2.25. The van der Waals surface area contributed by atoms with Crippen molar-refractivity contribution in [1.29, 1.82) is 0 Å². The van der Waals surface area contributed by atoms with Crippen molar-refractivity contribution in [2.24, 2.45) is 11.8 Å². The quantitative estimate of drug-likeness (QED) is 0.493. The molecule has 6 rings (SSSR count). The van der Waals surface area contributed by atoms with Crippen molar-refractivity contribution in [3.8, 4) is 22.7 Å². The van der Waals surface area contributed by atoms with Crippen LogP contribution in [0.15, 0.2) is 36.4 Å². The number of rotatable bonds is 3. The van der Waals surface area contributed by atoms with E-state index in [9.17, 15) is 4.79 Å². The summed E-state index contributed by atoms with van der Waals surface area (Å²) in [7, 11) is 0. The molecule has 6 nitrogen and oxygen atoms in total. The van der Waals surface area contributed by atoms with Crippen LogP contribution in [0.25, 0.3) is 16.9 Å². The molecule has 9 heteroatoms. The summed E-state index contributed by atoms with van der Waals surface area (Å²) < 4.78 is 7.66. The second-order valence-electron chi connectivity index (χ2n) is 8.89. The van der Waals surface area contributed by atoms with Crippen molar-refractivity contribution in [2.45, 2.75) is 25.9 Å². The predicted molar refractivity (Wildman–Crippen MR) is 128 cm³/mol. The number of fused-ring (bicyclic) bond motifs is 4. The normalized spacial score (nSPS) is 21.3. The minimum atomic E-state index is -0.246. The predicted octanol–water partition coefficient (Wildman–Crippen LogP) is 5.77. The number of hydrogen-bond acceptors (Lipinski definition) is 4. The van der Waals surface area contributed by atoms with Gasteiger partial charge >= 0.3 is 0 Å². The maximum atomic E-state index is 13.4. The highest BCUT2D eigenvalue weighted by Crippen LogP contribution is 2.44. The number of halogens is 3. The maximum Gasteiger partial charge on any atom is 0.286 e. The maximum absolute atomic E-state index is 13.4. The minimum Gasteiger partial charge on any atom is -0.486 e. The van der Waals surface area contributed by atoms with Crippen LogP contribution in [0, 0.1) is 11.8 Å². The lowest BCUT2D eigenvalue weighted by atomic mass is 10.0. The molecule has 2 fully saturated rings. The zero-order chi connectivity index (χ0) is 22.7. The lowest BCUT2D eigenvalue weighted by Gasteiger charge is -2.21. The SMILES string of the molecule is O=C(NN1CC2CCCC2C1)c1nn(-c2ccc(Cl)cc2Cl)c2c1COc1c(Cl)cccc1-2. The van der Waals surface area contributed by atoms with Crippen LogP contribution in [-0.2, 0) is 6.61 Å². The van der Waals surface area contributed by atoms with E-state index in [-0.39, 0.29) is 12.5 Å². The molecule has 1 saturated heterocycles. The van der Waals surface area contributed by atoms with E-state index in [4.69, 9.17) is 44.6 Å². The molecular weight excluding hydrogens is 483 g/mol. The van der Waals surface area contributed by atoms with Gasteiger partial charge in [0.05, 0.1) is 21.4 Å². The summed E-state index contributed by atoms with van der Waals surface area (Å²) in [5.41, 5.74) is 6.23. The molecule has 1 aromatic heterocycles. The third kappa shape index (κ3) is 3.60. The van der Waals surface area contributed by atoms with Crippen LogP contribution in [0.2, 0.25) is 15.1 Å². The van der Waals surface area contributed by atoms with Gasteiger partial charge in [0.2, 0.25) is 0 Å². The topological polar surface area (TPSA) is 59.4 Å². The third-order valence-electron chi connectivity index (χ3n) is 6.91. The summed E-state index contributed by atoms with van der Waals surface area (Å²) in [6, 6.07) is 10.7. The number of nitrogens with one attached hydrogen (secondary N) is 1. The summed E-state index contributed by atoms with van der Waals surface area (Å²) in [4.78, 5) is 13.4. The smallest absolute Gasteiger partial charge is 0.286 e. The van der Waals surface area contributed by atoms with Gasteiger partial charge in [-0.05, 0) is 55.0 Å². The molecule has 2 atom stereocenters. The number of benzene rings is 2. The second kappa shape index (κ2) is 8.20. The highest BCUT2D eigenvalue weighted by atomic mass is 35.5. The molecule has 0 radical (unpaired) electrons. The van der Waals surface area contributed by atoms with Gasteiger partial charge in [0.1, 0.15) is 12.4 Å². The van der Waals surface area contributed by atoms with Gasteiger partial charge in [-0.3, -0.25) is 10.2 Å². The second-order valence-corrected chi connectivity index (χ2v) is 10.1. The van der Waals surface area contributed by atoms with Crippen molar-refractivity contribution >= 4 is 40.7 Å². The fraction of sp³-hybridized carbons (Fsp3) is 0.333. The van der Waals surface area contributed by atoms with E-state index in [1.807, 2.05) is 17.1 Å². The molecule has 3 aromatic rings. The molecule has 1 amide bonds. The summed E-state index contributed by atoms with van der Waals surface area (Å²) in [6.07, 6.45) is 3.76. The molecular formula is C24H21Cl3N4O2. The molecule has 3 aliphatic rings. The van der Waals surface area contributed by atoms with E-state index in [2.05, 4.69) is 5.43 Å². The van der Waals surface area contributed by atoms with E-state index < -0.39 is 0 Å². The van der Waals surface area contributed by atoms with Crippen LogP contribution < -0.4 is 10.2 Å². The Morgan fingerprint density at radius 2 is 1.85 bits per heavy atom. The Kier molecular flexibility index (Phi) is 5.29. The number of para-hydroxylation sites is 1. The first-order valence-corrected chi connectivity index (χ1v) is 12.2. The van der Waals surface area contributed by atoms with Crippen LogP contribution >= 0.6 is 34.8 Å². The molecule has 170 valence electrons. The van der Waals surface area contributed by atoms with Crippen LogP contribution in [0.3, 0.4) is 0 Å². The first-order chi connectivity index (χ1) is 16.0. The van der Waals surface area contributed by atoms with Crippen molar-refractivity contribution in [3.05, 3.63) is 62.7 Å². The minimum absolute atomic E-state index is 0.186. The largest absolute Gasteiger partial charge is 0.486 e. The molecule has 2 unspecified atom stereocenters. The number of nitrogens with zero attached hydrogens (tertiary/aromatic N) is 3. The molecule has 1 saturated carbocycles. The van der Waals surface area contributed by atoms with Gasteiger partial charge in [0, 0.05) is 29.2 Å². The molecule has 2 aliphatic heterocycles. The first kappa shape index (κ1) is 21.3. The van der Waals surface area contributed by atoms with Gasteiger partial charge in [0.15, 0.2) is 5.69 Å². The van der Waals surface area contributed by atoms with Gasteiger partial charge < -0.3 is 4.74 Å². The zero-order valence-electron chi connectivity index (χ0n) is 17.7. The third-order valence-corrected chi connectivity index (χ3v) is 7.74. The number of aromatic nitrogens is 2. The number of hydrogen-bond donors (Lipinski definition) is 1. The van der Waals surface area contributed by atoms with Crippen LogP contribution in [0.4, 0.5) is 0 Å². The Morgan fingerprint density at radius 3 is 2.61 bits per heavy atom. The molecule has 1 aliphatic carbocycles. The van der Waals surface area contributed by atoms with Crippen molar-refractivity contribution in [3.63, 3.8) is 0 Å². The Bertz CT molecular complexity index is 1260. The standard InChI is InChI=1S/C24H21Cl3N4O2/c25-15-7-8-20(19(27)9-15)31-22-16-5-2-6-18(26)23(16)33-12-17(22)21(28-31)24(32)29-30-10-13-3-1-4-14(13)11-30/h2,5-9,13-14H,1,3-4,10-12H2,(H,29,32). The summed E-state index contributed by atoms with van der Waals surface area (Å²) >= 11 is 19.1. The van der Waals surface area contributed by atoms with Crippen LogP contribution in [-0.4, -0.2) is 33.8 Å². The fourth-order valence-electron chi connectivity index (χ4n) is 5.38. The van der Waals surface area contributed by atoms with Gasteiger partial charge in [0.25, 0.3) is 5.91 Å². The molecule has 2 aromatic carbocycles. The Balaban J connectivity index is 1.43. The van der Waals surface area contributed by atoms with Crippen molar-refractivity contribution < 1.29 is 9.53 Å². The van der Waals surface area contributed by atoms with E-state index in [0.29, 0.717) is 49.6 Å². The number of carbonyl (C=O) groups is 1. The van der Waals surface area contributed by atoms with Crippen molar-refractivity contribution in [2.75, 3.05) is 13.1 Å². The average Bonchev–Trinajstić information content (AvgIpc) is 3.47. The lowest BCUT2D eigenvalue weighted by Crippen LogP contribution is -2.41. The molecule has 3 heterocycles. The van der Waals surface area contributed by atoms with Gasteiger partial charge in [-0.2, -0.15) is 5.10 Å². The number of hydrazine groups is 1. The highest BCUT2D eigenvalue weighted by molar-refractivity contribution is 6.35. The number of amides is 1. The highest BCUT2D eigenvalue weighted by Gasteiger charge is 2.38. The van der Waals surface area contributed by atoms with Crippen LogP contribution in [0.1, 0.15) is 35.3 Å². The molecule has 0 spiro atoms. The van der Waals surface area contributed by atoms with Crippen LogP contribution in [0.5, 0.6) is 5.75 Å². The van der Waals surface area contributed by atoms with E-state index in [1.54, 1.807) is 28.9 Å². The Labute approximate surface area is 206 Å². The monoisotopic (exact) mass is 502 g/mol. The lowest BCUT2D eigenvalue weighted by molar-refractivity contribution is 0.0806. The van der Waals surface area contributed by atoms with Gasteiger partial charge in [-0.15, -0.1) is 0 Å². The van der Waals surface area contributed by atoms with E-state index >= 15 is 0 Å². The summed E-state index contributed by atoms with van der Waals surface area (Å²) in [5, 5.41) is 8.21.